The molecule has 0 aliphatic heterocycles. The first-order chi connectivity index (χ1) is 12.4. The van der Waals surface area contributed by atoms with Crippen LogP contribution in [0.15, 0.2) is 24.3 Å². The Morgan fingerprint density at radius 3 is 2.31 bits per heavy atom. The van der Waals surface area contributed by atoms with Crippen molar-refractivity contribution in [2.75, 3.05) is 31.3 Å². The molecule has 4 N–H and O–H groups in total. The lowest BCUT2D eigenvalue weighted by Gasteiger charge is -2.13. The molecule has 0 aromatic heterocycles. The second-order valence-electron chi connectivity index (χ2n) is 5.49. The molecule has 140 valence electrons. The van der Waals surface area contributed by atoms with E-state index in [1.807, 2.05) is 0 Å². The van der Waals surface area contributed by atoms with Crippen LogP contribution in [0.4, 0.5) is 20.2 Å². The summed E-state index contributed by atoms with van der Waals surface area (Å²) in [5.41, 5.74) is 1.39. The van der Waals surface area contributed by atoms with Gasteiger partial charge in [0.25, 0.3) is 0 Å². The number of hydrogen-bond donors (Lipinski definition) is 4. The molecule has 2 rings (SSSR count). The van der Waals surface area contributed by atoms with E-state index in [4.69, 9.17) is 9.84 Å². The molecule has 0 saturated heterocycles. The molecular formula is C18H20F2N2O4. The summed E-state index contributed by atoms with van der Waals surface area (Å²) in [5.74, 6) is -2.69. The van der Waals surface area contributed by atoms with E-state index in [-0.39, 0.29) is 36.6 Å². The minimum Gasteiger partial charge on any atom is -0.490 e. The van der Waals surface area contributed by atoms with Crippen LogP contribution in [0.3, 0.4) is 0 Å². The highest BCUT2D eigenvalue weighted by Crippen LogP contribution is 2.27. The molecule has 0 unspecified atom stereocenters. The van der Waals surface area contributed by atoms with Gasteiger partial charge in [-0.2, -0.15) is 0 Å². The minimum absolute atomic E-state index is 0.00889. The quantitative estimate of drug-likeness (QED) is 0.574. The zero-order valence-electron chi connectivity index (χ0n) is 14.4. The maximum Gasteiger partial charge on any atom is 0.337 e. The third-order valence-electron chi connectivity index (χ3n) is 3.91. The number of rotatable bonds is 8. The second-order valence-corrected chi connectivity index (χ2v) is 5.49. The van der Waals surface area contributed by atoms with Gasteiger partial charge in [0, 0.05) is 37.8 Å². The van der Waals surface area contributed by atoms with Gasteiger partial charge in [-0.3, -0.25) is 0 Å². The third kappa shape index (κ3) is 4.20. The average Bonchev–Trinajstić information content (AvgIpc) is 2.63. The van der Waals surface area contributed by atoms with Crippen LogP contribution in [0.2, 0.25) is 0 Å². The Bertz CT molecular complexity index is 812. The summed E-state index contributed by atoms with van der Waals surface area (Å²) < 4.78 is 33.5. The van der Waals surface area contributed by atoms with Crippen LogP contribution in [0.25, 0.3) is 0 Å². The lowest BCUT2D eigenvalue weighted by Crippen LogP contribution is -2.08. The molecule has 0 atom stereocenters. The van der Waals surface area contributed by atoms with Crippen molar-refractivity contribution in [2.45, 2.75) is 13.0 Å². The maximum atomic E-state index is 14.1. The Morgan fingerprint density at radius 2 is 1.73 bits per heavy atom. The van der Waals surface area contributed by atoms with Crippen molar-refractivity contribution in [3.8, 4) is 5.75 Å². The van der Waals surface area contributed by atoms with E-state index < -0.39 is 17.6 Å². The molecule has 6 nitrogen and oxygen atoms in total. The zero-order chi connectivity index (χ0) is 19.3. The van der Waals surface area contributed by atoms with Gasteiger partial charge in [-0.25, -0.2) is 13.6 Å². The number of nitrogens with one attached hydrogen (secondary N) is 2. The van der Waals surface area contributed by atoms with Crippen LogP contribution in [0.1, 0.15) is 21.5 Å². The fourth-order valence-electron chi connectivity index (χ4n) is 2.53. The smallest absolute Gasteiger partial charge is 0.337 e. The topological polar surface area (TPSA) is 90.8 Å². The van der Waals surface area contributed by atoms with Gasteiger partial charge in [0.15, 0.2) is 11.6 Å². The monoisotopic (exact) mass is 366 g/mol. The van der Waals surface area contributed by atoms with E-state index in [0.717, 1.165) is 6.07 Å². The summed E-state index contributed by atoms with van der Waals surface area (Å²) >= 11 is 0. The number of carboxylic acid groups (broad SMARTS) is 1. The summed E-state index contributed by atoms with van der Waals surface area (Å²) in [6.45, 7) is -0.303. The molecule has 0 saturated carbocycles. The summed E-state index contributed by atoms with van der Waals surface area (Å²) in [4.78, 5) is 11.1. The van der Waals surface area contributed by atoms with Crippen LogP contribution in [0, 0.1) is 11.6 Å². The molecule has 0 bridgehead atoms. The van der Waals surface area contributed by atoms with Crippen LogP contribution < -0.4 is 15.4 Å². The van der Waals surface area contributed by atoms with E-state index in [1.54, 1.807) is 13.1 Å². The molecule has 0 spiro atoms. The highest BCUT2D eigenvalue weighted by atomic mass is 19.1. The normalized spacial score (nSPS) is 10.5. The predicted octanol–water partition coefficient (Wildman–Crippen LogP) is 2.86. The average molecular weight is 366 g/mol. The summed E-state index contributed by atoms with van der Waals surface area (Å²) in [5, 5.41) is 23.8. The zero-order valence-corrected chi connectivity index (χ0v) is 14.4. The highest BCUT2D eigenvalue weighted by Gasteiger charge is 2.16. The number of aliphatic hydroxyl groups is 1. The van der Waals surface area contributed by atoms with Crippen LogP contribution in [-0.4, -0.2) is 36.9 Å². The van der Waals surface area contributed by atoms with Crippen LogP contribution >= 0.6 is 0 Å². The number of ether oxygens (including phenoxy) is 1. The number of anilines is 2. The Hall–Kier alpha value is -2.87. The van der Waals surface area contributed by atoms with Gasteiger partial charge in [0.1, 0.15) is 5.82 Å². The molecule has 0 fully saturated rings. The number of carbonyl (C=O) groups is 1. The Balaban J connectivity index is 2.14. The molecule has 26 heavy (non-hydrogen) atoms. The van der Waals surface area contributed by atoms with Gasteiger partial charge in [-0.1, -0.05) is 0 Å². The molecular weight excluding hydrogens is 346 g/mol. The fraction of sp³-hybridized carbons (Fsp3) is 0.278. The molecule has 0 aliphatic carbocycles. The van der Waals surface area contributed by atoms with E-state index in [1.165, 1.54) is 19.2 Å². The van der Waals surface area contributed by atoms with Crippen molar-refractivity contribution >= 4 is 17.3 Å². The number of hydrogen-bond acceptors (Lipinski definition) is 5. The second kappa shape index (κ2) is 8.48. The van der Waals surface area contributed by atoms with Crippen molar-refractivity contribution in [3.05, 3.63) is 52.6 Å². The van der Waals surface area contributed by atoms with Gasteiger partial charge >= 0.3 is 5.97 Å². The molecule has 0 heterocycles. The van der Waals surface area contributed by atoms with E-state index >= 15 is 0 Å². The van der Waals surface area contributed by atoms with Crippen molar-refractivity contribution in [1.82, 2.24) is 0 Å². The molecule has 8 heteroatoms. The standard InChI is InChI=1S/C18H20F2N2O4/c1-21-15-6-10(13(19)5-11(15)9-23)3-4-26-17-8-16(22-2)12(18(24)25)7-14(17)20/h5-8,21-23H,3-4,9H2,1-2H3,(H,24,25). The van der Waals surface area contributed by atoms with Gasteiger partial charge in [0.05, 0.1) is 24.5 Å². The third-order valence-corrected chi connectivity index (χ3v) is 3.91. The highest BCUT2D eigenvalue weighted by molar-refractivity contribution is 5.94. The number of aromatic carboxylic acids is 1. The first kappa shape index (κ1) is 19.5. The van der Waals surface area contributed by atoms with Gasteiger partial charge < -0.3 is 25.6 Å². The summed E-state index contributed by atoms with van der Waals surface area (Å²) in [6.07, 6.45) is 0.168. The summed E-state index contributed by atoms with van der Waals surface area (Å²) in [7, 11) is 3.17. The number of aliphatic hydroxyl groups excluding tert-OH is 1. The number of halogens is 2. The first-order valence-electron chi connectivity index (χ1n) is 7.88. The summed E-state index contributed by atoms with van der Waals surface area (Å²) in [6, 6.07) is 4.93. The Labute approximate surface area is 149 Å². The SMILES string of the molecule is CNc1cc(CCOc2cc(NC)c(C(=O)O)cc2F)c(F)cc1CO. The number of benzene rings is 2. The van der Waals surface area contributed by atoms with Gasteiger partial charge in [0.2, 0.25) is 0 Å². The molecule has 0 amide bonds. The van der Waals surface area contributed by atoms with Gasteiger partial charge in [-0.15, -0.1) is 0 Å². The van der Waals surface area contributed by atoms with E-state index in [9.17, 15) is 18.7 Å². The first-order valence-corrected chi connectivity index (χ1v) is 7.88. The lowest BCUT2D eigenvalue weighted by atomic mass is 10.1. The molecule has 0 aliphatic rings. The van der Waals surface area contributed by atoms with Crippen LogP contribution in [0.5, 0.6) is 5.75 Å². The number of carboxylic acids is 1. The maximum absolute atomic E-state index is 14.1. The molecule has 2 aromatic carbocycles. The Kier molecular flexibility index (Phi) is 6.35. The van der Waals surface area contributed by atoms with E-state index in [2.05, 4.69) is 10.6 Å². The molecule has 2 aromatic rings. The van der Waals surface area contributed by atoms with Crippen molar-refractivity contribution in [3.63, 3.8) is 0 Å². The lowest BCUT2D eigenvalue weighted by molar-refractivity contribution is 0.0697. The molecule has 0 radical (unpaired) electrons. The van der Waals surface area contributed by atoms with Gasteiger partial charge in [-0.05, 0) is 23.8 Å². The Morgan fingerprint density at radius 1 is 1.04 bits per heavy atom. The van der Waals surface area contributed by atoms with Crippen molar-refractivity contribution < 1.29 is 28.5 Å². The minimum atomic E-state index is -1.26. The van der Waals surface area contributed by atoms with Crippen LogP contribution in [-0.2, 0) is 13.0 Å². The van der Waals surface area contributed by atoms with Crippen molar-refractivity contribution in [2.24, 2.45) is 0 Å². The van der Waals surface area contributed by atoms with Crippen molar-refractivity contribution in [1.29, 1.82) is 0 Å². The predicted molar refractivity (Wildman–Crippen MR) is 94.0 cm³/mol. The largest absolute Gasteiger partial charge is 0.490 e. The fourth-order valence-corrected chi connectivity index (χ4v) is 2.53. The van der Waals surface area contributed by atoms with E-state index in [0.29, 0.717) is 16.8 Å².